The van der Waals surface area contributed by atoms with Gasteiger partial charge in [0.2, 0.25) is 29.5 Å². The fourth-order valence-corrected chi connectivity index (χ4v) is 3.29. The minimum atomic E-state index is -1.47. The second kappa shape index (κ2) is 15.1. The molecule has 0 spiro atoms. The molecular formula is C24H36N6O8. The Kier molecular flexibility index (Phi) is 12.7. The second-order valence-corrected chi connectivity index (χ2v) is 9.17. The third-order valence-corrected chi connectivity index (χ3v) is 5.64. The molecule has 0 heterocycles. The zero-order chi connectivity index (χ0) is 29.0. The number of carbonyl (C=O) groups is 6. The molecule has 0 aliphatic heterocycles. The second-order valence-electron chi connectivity index (χ2n) is 9.17. The number of benzene rings is 1. The smallest absolute Gasteiger partial charge is 0.326 e. The lowest BCUT2D eigenvalue weighted by atomic mass is 10.0. The number of phenols is 1. The van der Waals surface area contributed by atoms with E-state index < -0.39 is 59.7 Å². The van der Waals surface area contributed by atoms with Crippen molar-refractivity contribution in [3.8, 4) is 5.75 Å². The van der Waals surface area contributed by atoms with Crippen molar-refractivity contribution < 1.29 is 39.0 Å². The molecule has 0 aliphatic rings. The molecule has 4 unspecified atom stereocenters. The monoisotopic (exact) mass is 536 g/mol. The van der Waals surface area contributed by atoms with E-state index in [1.165, 1.54) is 24.3 Å². The number of hydrogen-bond donors (Lipinski definition) is 8. The number of carboxylic acids is 1. The fourth-order valence-electron chi connectivity index (χ4n) is 3.29. The summed E-state index contributed by atoms with van der Waals surface area (Å²) in [5.41, 5.74) is 16.6. The number of nitrogens with one attached hydrogen (secondary N) is 3. The molecule has 0 saturated heterocycles. The first-order chi connectivity index (χ1) is 17.7. The molecule has 5 amide bonds. The van der Waals surface area contributed by atoms with Crippen LogP contribution in [0, 0.1) is 5.92 Å². The summed E-state index contributed by atoms with van der Waals surface area (Å²) < 4.78 is 0. The van der Waals surface area contributed by atoms with Gasteiger partial charge >= 0.3 is 5.97 Å². The topological polar surface area (TPSA) is 257 Å². The number of carboxylic acid groups (broad SMARTS) is 1. The number of carbonyl (C=O) groups excluding carboxylic acids is 5. The van der Waals surface area contributed by atoms with Gasteiger partial charge in [0.1, 0.15) is 23.9 Å². The first kappa shape index (κ1) is 31.8. The van der Waals surface area contributed by atoms with Crippen LogP contribution in [0.2, 0.25) is 0 Å². The Morgan fingerprint density at radius 3 is 1.68 bits per heavy atom. The van der Waals surface area contributed by atoms with E-state index in [9.17, 15) is 39.0 Å². The lowest BCUT2D eigenvalue weighted by molar-refractivity contribution is -0.142. The van der Waals surface area contributed by atoms with Crippen LogP contribution in [0.3, 0.4) is 0 Å². The SMILES string of the molecule is CC(C)C(N)C(=O)NC(CCC(N)=O)C(=O)NC(Cc1ccc(O)cc1)C(=O)NC(CCC(N)=O)C(=O)O. The largest absolute Gasteiger partial charge is 0.508 e. The highest BCUT2D eigenvalue weighted by molar-refractivity contribution is 5.94. The van der Waals surface area contributed by atoms with Gasteiger partial charge in [0.25, 0.3) is 0 Å². The number of aromatic hydroxyl groups is 1. The molecule has 1 aromatic rings. The van der Waals surface area contributed by atoms with Gasteiger partial charge in [-0.25, -0.2) is 4.79 Å². The first-order valence-electron chi connectivity index (χ1n) is 11.9. The fraction of sp³-hybridized carbons (Fsp3) is 0.500. The highest BCUT2D eigenvalue weighted by atomic mass is 16.4. The van der Waals surface area contributed by atoms with Gasteiger partial charge in [0.15, 0.2) is 0 Å². The summed E-state index contributed by atoms with van der Waals surface area (Å²) in [7, 11) is 0. The Balaban J connectivity index is 3.19. The lowest BCUT2D eigenvalue weighted by Crippen LogP contribution is -2.58. The summed E-state index contributed by atoms with van der Waals surface area (Å²) in [6.07, 6.45) is -1.13. The Hall–Kier alpha value is -4.20. The molecule has 1 aromatic carbocycles. The molecule has 210 valence electrons. The molecule has 0 saturated carbocycles. The van der Waals surface area contributed by atoms with Crippen molar-refractivity contribution in [2.24, 2.45) is 23.1 Å². The molecule has 0 aliphatic carbocycles. The Morgan fingerprint density at radius 1 is 0.763 bits per heavy atom. The van der Waals surface area contributed by atoms with Gasteiger partial charge in [-0.2, -0.15) is 0 Å². The third kappa shape index (κ3) is 11.2. The summed E-state index contributed by atoms with van der Waals surface area (Å²) >= 11 is 0. The van der Waals surface area contributed by atoms with E-state index in [0.717, 1.165) is 0 Å². The van der Waals surface area contributed by atoms with Gasteiger partial charge in [-0.15, -0.1) is 0 Å². The number of phenolic OH excluding ortho intramolecular Hbond substituents is 1. The van der Waals surface area contributed by atoms with Crippen molar-refractivity contribution in [2.45, 2.75) is 70.1 Å². The molecule has 14 heteroatoms. The van der Waals surface area contributed by atoms with Crippen molar-refractivity contribution >= 4 is 35.5 Å². The van der Waals surface area contributed by atoms with Crippen LogP contribution in [0.4, 0.5) is 0 Å². The van der Waals surface area contributed by atoms with Crippen LogP contribution in [-0.4, -0.2) is 69.9 Å². The Bertz CT molecular complexity index is 1010. The summed E-state index contributed by atoms with van der Waals surface area (Å²) in [6, 6.07) is 0.689. The third-order valence-electron chi connectivity index (χ3n) is 5.64. The van der Waals surface area contributed by atoms with Gasteiger partial charge in [-0.1, -0.05) is 26.0 Å². The van der Waals surface area contributed by atoms with Gasteiger partial charge in [0.05, 0.1) is 6.04 Å². The summed E-state index contributed by atoms with van der Waals surface area (Å²) in [6.45, 7) is 3.41. The van der Waals surface area contributed by atoms with Crippen molar-refractivity contribution in [1.82, 2.24) is 16.0 Å². The Morgan fingerprint density at radius 2 is 1.21 bits per heavy atom. The van der Waals surface area contributed by atoms with Crippen LogP contribution in [-0.2, 0) is 35.2 Å². The highest BCUT2D eigenvalue weighted by Gasteiger charge is 2.31. The molecule has 0 radical (unpaired) electrons. The van der Waals surface area contributed by atoms with Gasteiger partial charge in [0, 0.05) is 19.3 Å². The molecule has 11 N–H and O–H groups in total. The Labute approximate surface area is 219 Å². The van der Waals surface area contributed by atoms with Crippen LogP contribution >= 0.6 is 0 Å². The molecule has 4 atom stereocenters. The van der Waals surface area contributed by atoms with Gasteiger partial charge in [-0.05, 0) is 36.5 Å². The number of aliphatic carboxylic acids is 1. The van der Waals surface area contributed by atoms with E-state index in [-0.39, 0.29) is 43.8 Å². The molecule has 1 rings (SSSR count). The molecule has 0 bridgehead atoms. The van der Waals surface area contributed by atoms with Gasteiger partial charge in [-0.3, -0.25) is 24.0 Å². The highest BCUT2D eigenvalue weighted by Crippen LogP contribution is 2.12. The van der Waals surface area contributed by atoms with E-state index in [1.807, 2.05) is 0 Å². The van der Waals surface area contributed by atoms with Crippen LogP contribution < -0.4 is 33.2 Å². The maximum absolute atomic E-state index is 13.2. The number of primary amides is 2. The van der Waals surface area contributed by atoms with E-state index in [2.05, 4.69) is 16.0 Å². The average Bonchev–Trinajstić information content (AvgIpc) is 2.83. The van der Waals surface area contributed by atoms with Crippen LogP contribution in [0.5, 0.6) is 5.75 Å². The van der Waals surface area contributed by atoms with Crippen molar-refractivity contribution in [2.75, 3.05) is 0 Å². The minimum absolute atomic E-state index is 0.0353. The van der Waals surface area contributed by atoms with E-state index >= 15 is 0 Å². The number of nitrogens with two attached hydrogens (primary N) is 3. The van der Waals surface area contributed by atoms with Crippen molar-refractivity contribution in [3.05, 3.63) is 29.8 Å². The molecule has 0 fully saturated rings. The maximum atomic E-state index is 13.2. The van der Waals surface area contributed by atoms with Crippen LogP contribution in [0.1, 0.15) is 45.1 Å². The molecular weight excluding hydrogens is 500 g/mol. The summed E-state index contributed by atoms with van der Waals surface area (Å²) in [5.74, 6) is -5.55. The van der Waals surface area contributed by atoms with E-state index in [0.29, 0.717) is 5.56 Å². The van der Waals surface area contributed by atoms with Crippen LogP contribution in [0.15, 0.2) is 24.3 Å². The predicted octanol–water partition coefficient (Wildman–Crippen LogP) is -2.01. The van der Waals surface area contributed by atoms with Crippen LogP contribution in [0.25, 0.3) is 0 Å². The van der Waals surface area contributed by atoms with E-state index in [1.54, 1.807) is 13.8 Å². The number of hydrogen-bond acceptors (Lipinski definition) is 8. The van der Waals surface area contributed by atoms with Crippen molar-refractivity contribution in [1.29, 1.82) is 0 Å². The average molecular weight is 537 g/mol. The number of amides is 5. The van der Waals surface area contributed by atoms with E-state index in [4.69, 9.17) is 17.2 Å². The quantitative estimate of drug-likeness (QED) is 0.116. The van der Waals surface area contributed by atoms with Gasteiger partial charge < -0.3 is 43.4 Å². The zero-order valence-electron chi connectivity index (χ0n) is 21.3. The molecule has 38 heavy (non-hydrogen) atoms. The number of rotatable bonds is 16. The summed E-state index contributed by atoms with van der Waals surface area (Å²) in [4.78, 5) is 72.8. The summed E-state index contributed by atoms with van der Waals surface area (Å²) in [5, 5.41) is 26.2. The zero-order valence-corrected chi connectivity index (χ0v) is 21.3. The maximum Gasteiger partial charge on any atom is 0.326 e. The standard InChI is InChI=1S/C24H36N6O8/c1-12(2)20(27)23(36)28-15(7-9-18(25)32)21(34)30-17(11-13-3-5-14(31)6-4-13)22(35)29-16(24(37)38)8-10-19(26)33/h3-6,12,15-17,20,31H,7-11,27H2,1-2H3,(H2,25,32)(H2,26,33)(H,28,36)(H,29,35)(H,30,34)(H,37,38). The molecule has 0 aromatic heterocycles. The first-order valence-corrected chi connectivity index (χ1v) is 11.9. The normalized spacial score (nSPS) is 14.0. The predicted molar refractivity (Wildman–Crippen MR) is 135 cm³/mol. The lowest BCUT2D eigenvalue weighted by Gasteiger charge is -2.25. The van der Waals surface area contributed by atoms with Crippen molar-refractivity contribution in [3.63, 3.8) is 0 Å². The molecule has 14 nitrogen and oxygen atoms in total. The minimum Gasteiger partial charge on any atom is -0.508 e.